The third-order valence-electron chi connectivity index (χ3n) is 6.37. The predicted molar refractivity (Wildman–Crippen MR) is 142 cm³/mol. The van der Waals surface area contributed by atoms with E-state index in [0.717, 1.165) is 16.8 Å². The van der Waals surface area contributed by atoms with Gasteiger partial charge in [-0.1, -0.05) is 23.7 Å². The van der Waals surface area contributed by atoms with Crippen LogP contribution >= 0.6 is 11.6 Å². The van der Waals surface area contributed by atoms with Crippen molar-refractivity contribution in [2.75, 3.05) is 14.2 Å². The minimum absolute atomic E-state index is 0.0643. The molecule has 0 bridgehead atoms. The standard InChI is InChI=1S/C28H21ClN2O6/c1-36-20-10-3-16(4-11-20)15-30-24-12-7-18(29)13-22(24)25-23(28(32)33)14-21(27(37-2)26(25)30)17-5-8-19(9-6-17)31(34)35/h3-14H,15H2,1-2H3,(H,32,33). The van der Waals surface area contributed by atoms with Crippen molar-refractivity contribution in [1.29, 1.82) is 0 Å². The fourth-order valence-corrected chi connectivity index (χ4v) is 4.85. The molecule has 0 unspecified atom stereocenters. The van der Waals surface area contributed by atoms with Crippen LogP contribution in [0.25, 0.3) is 32.9 Å². The van der Waals surface area contributed by atoms with E-state index in [4.69, 9.17) is 21.1 Å². The molecule has 0 aliphatic heterocycles. The fraction of sp³-hybridized carbons (Fsp3) is 0.107. The van der Waals surface area contributed by atoms with Crippen molar-refractivity contribution in [3.8, 4) is 22.6 Å². The third-order valence-corrected chi connectivity index (χ3v) is 6.60. The number of fused-ring (bicyclic) bond motifs is 3. The van der Waals surface area contributed by atoms with Crippen LogP contribution in [0.5, 0.6) is 11.5 Å². The summed E-state index contributed by atoms with van der Waals surface area (Å²) in [6, 6.07) is 20.5. The molecule has 0 saturated carbocycles. The Morgan fingerprint density at radius 2 is 1.70 bits per heavy atom. The zero-order valence-electron chi connectivity index (χ0n) is 19.9. The summed E-state index contributed by atoms with van der Waals surface area (Å²) in [5.74, 6) is 0.0675. The van der Waals surface area contributed by atoms with Gasteiger partial charge in [0.05, 0.1) is 30.2 Å². The van der Waals surface area contributed by atoms with Crippen LogP contribution in [-0.4, -0.2) is 34.8 Å². The number of benzene rings is 4. The summed E-state index contributed by atoms with van der Waals surface area (Å²) in [5, 5.41) is 23.1. The number of aromatic carboxylic acids is 1. The van der Waals surface area contributed by atoms with Gasteiger partial charge in [0.15, 0.2) is 5.75 Å². The Hall–Kier alpha value is -4.56. The first kappa shape index (κ1) is 24.1. The molecule has 0 radical (unpaired) electrons. The van der Waals surface area contributed by atoms with E-state index in [-0.39, 0.29) is 11.3 Å². The van der Waals surface area contributed by atoms with Crippen LogP contribution in [0.3, 0.4) is 0 Å². The van der Waals surface area contributed by atoms with Crippen LogP contribution in [0.1, 0.15) is 15.9 Å². The van der Waals surface area contributed by atoms with Crippen molar-refractivity contribution in [1.82, 2.24) is 4.57 Å². The number of carboxylic acid groups (broad SMARTS) is 1. The SMILES string of the molecule is COc1ccc(Cn2c3ccc(Cl)cc3c3c(C(=O)O)cc(-c4ccc([N+](=O)[O-])cc4)c(OC)c32)cc1. The lowest BCUT2D eigenvalue weighted by atomic mass is 9.97. The Balaban J connectivity index is 1.86. The van der Waals surface area contributed by atoms with Gasteiger partial charge in [-0.25, -0.2) is 4.79 Å². The van der Waals surface area contributed by atoms with Crippen molar-refractivity contribution in [3.05, 3.63) is 99.1 Å². The van der Waals surface area contributed by atoms with E-state index in [1.807, 2.05) is 34.9 Å². The van der Waals surface area contributed by atoms with E-state index in [1.165, 1.54) is 19.2 Å². The number of ether oxygens (including phenoxy) is 2. The number of rotatable bonds is 7. The van der Waals surface area contributed by atoms with Gasteiger partial charge >= 0.3 is 5.97 Å². The van der Waals surface area contributed by atoms with Crippen LogP contribution in [0, 0.1) is 10.1 Å². The lowest BCUT2D eigenvalue weighted by molar-refractivity contribution is -0.384. The largest absolute Gasteiger partial charge is 0.497 e. The molecule has 0 atom stereocenters. The summed E-state index contributed by atoms with van der Waals surface area (Å²) >= 11 is 6.34. The molecule has 0 aliphatic rings. The van der Waals surface area contributed by atoms with Gasteiger partial charge in [-0.2, -0.15) is 0 Å². The Morgan fingerprint density at radius 1 is 1.00 bits per heavy atom. The van der Waals surface area contributed by atoms with Crippen molar-refractivity contribution in [2.24, 2.45) is 0 Å². The second kappa shape index (κ2) is 9.48. The fourth-order valence-electron chi connectivity index (χ4n) is 4.68. The predicted octanol–water partition coefficient (Wildman–Crippen LogP) is 6.79. The minimum Gasteiger partial charge on any atom is -0.497 e. The topological polar surface area (TPSA) is 104 Å². The summed E-state index contributed by atoms with van der Waals surface area (Å²) < 4.78 is 13.2. The second-order valence-corrected chi connectivity index (χ2v) is 8.87. The number of nitro groups is 1. The van der Waals surface area contributed by atoms with Crippen molar-refractivity contribution >= 4 is 45.1 Å². The average molecular weight is 517 g/mol. The van der Waals surface area contributed by atoms with Crippen LogP contribution in [0.4, 0.5) is 5.69 Å². The normalized spacial score (nSPS) is 11.1. The molecule has 0 spiro atoms. The smallest absolute Gasteiger partial charge is 0.336 e. The number of hydrogen-bond donors (Lipinski definition) is 1. The number of carboxylic acids is 1. The molecule has 186 valence electrons. The van der Waals surface area contributed by atoms with Gasteiger partial charge in [0.25, 0.3) is 5.69 Å². The maximum Gasteiger partial charge on any atom is 0.336 e. The lowest BCUT2D eigenvalue weighted by Crippen LogP contribution is -2.04. The molecule has 0 saturated heterocycles. The van der Waals surface area contributed by atoms with E-state index >= 15 is 0 Å². The molecule has 5 aromatic rings. The first-order valence-corrected chi connectivity index (χ1v) is 11.6. The lowest BCUT2D eigenvalue weighted by Gasteiger charge is -2.16. The van der Waals surface area contributed by atoms with E-state index in [9.17, 15) is 20.0 Å². The molecule has 1 N–H and O–H groups in total. The highest BCUT2D eigenvalue weighted by Crippen LogP contribution is 2.44. The maximum absolute atomic E-state index is 12.5. The van der Waals surface area contributed by atoms with Gasteiger partial charge in [-0.15, -0.1) is 0 Å². The number of hydrogen-bond acceptors (Lipinski definition) is 5. The zero-order valence-corrected chi connectivity index (χ0v) is 20.7. The molecule has 5 rings (SSSR count). The number of nitrogens with zero attached hydrogens (tertiary/aromatic N) is 2. The molecular weight excluding hydrogens is 496 g/mol. The quantitative estimate of drug-likeness (QED) is 0.189. The first-order valence-electron chi connectivity index (χ1n) is 11.3. The highest BCUT2D eigenvalue weighted by molar-refractivity contribution is 6.32. The Labute approximate surface area is 216 Å². The molecule has 37 heavy (non-hydrogen) atoms. The van der Waals surface area contributed by atoms with Crippen LogP contribution in [-0.2, 0) is 6.54 Å². The average Bonchev–Trinajstić information content (AvgIpc) is 3.21. The Kier molecular flexibility index (Phi) is 6.19. The molecule has 8 nitrogen and oxygen atoms in total. The number of nitro benzene ring substituents is 1. The van der Waals surface area contributed by atoms with E-state index < -0.39 is 10.9 Å². The number of non-ortho nitro benzene ring substituents is 1. The van der Waals surface area contributed by atoms with E-state index in [2.05, 4.69) is 0 Å². The van der Waals surface area contributed by atoms with Gasteiger partial charge in [-0.05, 0) is 59.7 Å². The molecular formula is C28H21ClN2O6. The first-order chi connectivity index (χ1) is 17.8. The summed E-state index contributed by atoms with van der Waals surface area (Å²) in [6.07, 6.45) is 0. The summed E-state index contributed by atoms with van der Waals surface area (Å²) in [6.45, 7) is 0.421. The summed E-state index contributed by atoms with van der Waals surface area (Å²) in [5.41, 5.74) is 3.45. The van der Waals surface area contributed by atoms with Gasteiger partial charge in [0.2, 0.25) is 0 Å². The van der Waals surface area contributed by atoms with Gasteiger partial charge in [0.1, 0.15) is 5.75 Å². The molecule has 1 heterocycles. The minimum atomic E-state index is -1.11. The molecule has 9 heteroatoms. The molecule has 0 aliphatic carbocycles. The Morgan fingerprint density at radius 3 is 2.30 bits per heavy atom. The van der Waals surface area contributed by atoms with Gasteiger partial charge in [0, 0.05) is 45.6 Å². The third kappa shape index (κ3) is 4.21. The monoisotopic (exact) mass is 516 g/mol. The highest BCUT2D eigenvalue weighted by atomic mass is 35.5. The number of methoxy groups -OCH3 is 2. The van der Waals surface area contributed by atoms with Gasteiger partial charge in [-0.3, -0.25) is 10.1 Å². The summed E-state index contributed by atoms with van der Waals surface area (Å²) in [7, 11) is 3.12. The molecule has 1 aromatic heterocycles. The summed E-state index contributed by atoms with van der Waals surface area (Å²) in [4.78, 5) is 23.2. The maximum atomic E-state index is 12.5. The Bertz CT molecular complexity index is 1670. The number of halogens is 1. The van der Waals surface area contributed by atoms with Crippen molar-refractivity contribution < 1.29 is 24.3 Å². The number of aromatic nitrogens is 1. The molecule has 4 aromatic carbocycles. The molecule has 0 amide bonds. The zero-order chi connectivity index (χ0) is 26.3. The van der Waals surface area contributed by atoms with E-state index in [0.29, 0.717) is 44.7 Å². The highest BCUT2D eigenvalue weighted by Gasteiger charge is 2.25. The number of carbonyl (C=O) groups is 1. The van der Waals surface area contributed by atoms with Gasteiger partial charge < -0.3 is 19.1 Å². The van der Waals surface area contributed by atoms with Crippen molar-refractivity contribution in [3.63, 3.8) is 0 Å². The van der Waals surface area contributed by atoms with Crippen LogP contribution < -0.4 is 9.47 Å². The van der Waals surface area contributed by atoms with Crippen LogP contribution in [0.15, 0.2) is 72.8 Å². The van der Waals surface area contributed by atoms with Crippen LogP contribution in [0.2, 0.25) is 5.02 Å². The van der Waals surface area contributed by atoms with E-state index in [1.54, 1.807) is 37.4 Å². The van der Waals surface area contributed by atoms with Crippen molar-refractivity contribution in [2.45, 2.75) is 6.54 Å². The molecule has 0 fully saturated rings. The second-order valence-electron chi connectivity index (χ2n) is 8.43.